The fourth-order valence-electron chi connectivity index (χ4n) is 3.09. The van der Waals surface area contributed by atoms with Gasteiger partial charge in [0.2, 0.25) is 0 Å². The zero-order valence-corrected chi connectivity index (χ0v) is 15.3. The van der Waals surface area contributed by atoms with Crippen LogP contribution in [0.3, 0.4) is 0 Å². The van der Waals surface area contributed by atoms with Crippen molar-refractivity contribution in [3.8, 4) is 5.69 Å². The van der Waals surface area contributed by atoms with Crippen molar-refractivity contribution in [3.05, 3.63) is 48.0 Å². The minimum atomic E-state index is -0.695. The van der Waals surface area contributed by atoms with Crippen LogP contribution in [0.4, 0.5) is 19.3 Å². The van der Waals surface area contributed by atoms with Crippen molar-refractivity contribution < 1.29 is 18.4 Å². The highest BCUT2D eigenvalue weighted by molar-refractivity contribution is 6.03. The fraction of sp³-hybridized carbons (Fsp3) is 0.368. The van der Waals surface area contributed by atoms with Gasteiger partial charge in [-0.25, -0.2) is 13.6 Å². The van der Waals surface area contributed by atoms with Crippen molar-refractivity contribution in [2.24, 2.45) is 0 Å². The van der Waals surface area contributed by atoms with E-state index >= 15 is 0 Å². The van der Waals surface area contributed by atoms with Crippen molar-refractivity contribution in [2.75, 3.05) is 31.6 Å². The number of nitrogens with zero attached hydrogens (tertiary/aromatic N) is 1. The predicted molar refractivity (Wildman–Crippen MR) is 102 cm³/mol. The molecule has 0 spiro atoms. The molecule has 3 amide bonds. The van der Waals surface area contributed by atoms with E-state index in [2.05, 4.69) is 21.3 Å². The first-order valence-electron chi connectivity index (χ1n) is 9.17. The van der Waals surface area contributed by atoms with Crippen molar-refractivity contribution in [2.45, 2.75) is 18.9 Å². The predicted octanol–water partition coefficient (Wildman–Crippen LogP) is 2.19. The van der Waals surface area contributed by atoms with Crippen LogP contribution in [-0.2, 0) is 0 Å². The van der Waals surface area contributed by atoms with E-state index in [1.165, 1.54) is 24.5 Å². The van der Waals surface area contributed by atoms with Crippen LogP contribution in [0.25, 0.3) is 5.69 Å². The van der Waals surface area contributed by atoms with Crippen LogP contribution in [0, 0.1) is 5.82 Å². The molecule has 1 saturated heterocycles. The molecule has 9 heteroatoms. The molecule has 150 valence electrons. The fourth-order valence-corrected chi connectivity index (χ4v) is 3.09. The van der Waals surface area contributed by atoms with Crippen LogP contribution in [0.5, 0.6) is 0 Å². The maximum atomic E-state index is 13.6. The van der Waals surface area contributed by atoms with E-state index in [0.29, 0.717) is 12.2 Å². The van der Waals surface area contributed by atoms with Crippen LogP contribution in [-0.4, -0.2) is 48.9 Å². The second-order valence-corrected chi connectivity index (χ2v) is 6.56. The van der Waals surface area contributed by atoms with E-state index in [9.17, 15) is 18.4 Å². The highest BCUT2D eigenvalue weighted by Gasteiger charge is 2.21. The van der Waals surface area contributed by atoms with Gasteiger partial charge in [0.15, 0.2) is 0 Å². The molecule has 7 nitrogen and oxygen atoms in total. The molecule has 1 aliphatic rings. The molecule has 3 rings (SSSR count). The van der Waals surface area contributed by atoms with E-state index in [1.54, 1.807) is 16.7 Å². The van der Waals surface area contributed by atoms with Crippen LogP contribution >= 0.6 is 0 Å². The summed E-state index contributed by atoms with van der Waals surface area (Å²) in [5.41, 5.74) is 0.998. The molecule has 0 aliphatic carbocycles. The Balaban J connectivity index is 1.84. The minimum Gasteiger partial charge on any atom is -0.348 e. The number of carbonyl (C=O) groups is 2. The Hall–Kier alpha value is -2.94. The third kappa shape index (κ3) is 5.07. The van der Waals surface area contributed by atoms with Crippen molar-refractivity contribution in [1.82, 2.24) is 20.5 Å². The van der Waals surface area contributed by atoms with Crippen LogP contribution in [0.1, 0.15) is 23.2 Å². The molecule has 1 aromatic carbocycles. The molecular weight excluding hydrogens is 368 g/mol. The number of alkyl halides is 1. The molecule has 2 heterocycles. The SMILES string of the molecule is O=C(NCCF)Nc1cn(-c2cccc(F)c2)cc1C(=O)N[C@H]1CCCNC1. The molecule has 4 N–H and O–H groups in total. The van der Waals surface area contributed by atoms with Gasteiger partial charge in [-0.2, -0.15) is 0 Å². The van der Waals surface area contributed by atoms with Gasteiger partial charge in [-0.1, -0.05) is 6.07 Å². The average molecular weight is 391 g/mol. The Morgan fingerprint density at radius 2 is 2.14 bits per heavy atom. The third-order valence-corrected chi connectivity index (χ3v) is 4.44. The molecule has 0 bridgehead atoms. The molecule has 1 aromatic heterocycles. The molecule has 1 aliphatic heterocycles. The lowest BCUT2D eigenvalue weighted by molar-refractivity contribution is 0.0931. The van der Waals surface area contributed by atoms with Gasteiger partial charge in [0.05, 0.1) is 11.3 Å². The molecule has 0 unspecified atom stereocenters. The summed E-state index contributed by atoms with van der Waals surface area (Å²) in [7, 11) is 0. The molecule has 1 atom stereocenters. The molecule has 28 heavy (non-hydrogen) atoms. The van der Waals surface area contributed by atoms with Crippen LogP contribution < -0.4 is 21.3 Å². The van der Waals surface area contributed by atoms with E-state index in [0.717, 1.165) is 19.4 Å². The normalized spacial score (nSPS) is 16.4. The first kappa shape index (κ1) is 19.8. The summed E-state index contributed by atoms with van der Waals surface area (Å²) in [5.74, 6) is -0.759. The number of aromatic nitrogens is 1. The summed E-state index contributed by atoms with van der Waals surface area (Å²) in [6.07, 6.45) is 4.89. The minimum absolute atomic E-state index is 0.00742. The maximum absolute atomic E-state index is 13.6. The lowest BCUT2D eigenvalue weighted by Crippen LogP contribution is -2.45. The molecule has 0 radical (unpaired) electrons. The summed E-state index contributed by atoms with van der Waals surface area (Å²) >= 11 is 0. The van der Waals surface area contributed by atoms with Crippen LogP contribution in [0.2, 0.25) is 0 Å². The number of halogens is 2. The monoisotopic (exact) mass is 391 g/mol. The number of nitrogens with one attached hydrogen (secondary N) is 4. The van der Waals surface area contributed by atoms with Gasteiger partial charge in [-0.05, 0) is 37.6 Å². The maximum Gasteiger partial charge on any atom is 0.319 e. The number of hydrogen-bond donors (Lipinski definition) is 4. The third-order valence-electron chi connectivity index (χ3n) is 4.44. The smallest absolute Gasteiger partial charge is 0.319 e. The Morgan fingerprint density at radius 3 is 2.86 bits per heavy atom. The Bertz CT molecular complexity index is 833. The van der Waals surface area contributed by atoms with Crippen LogP contribution in [0.15, 0.2) is 36.7 Å². The quantitative estimate of drug-likeness (QED) is 0.609. The molecular formula is C19H23F2N5O2. The van der Waals surface area contributed by atoms with Gasteiger partial charge in [0, 0.05) is 37.2 Å². The number of piperidine rings is 1. The number of hydrogen-bond acceptors (Lipinski definition) is 3. The summed E-state index contributed by atoms with van der Waals surface area (Å²) in [6, 6.07) is 5.25. The number of carbonyl (C=O) groups excluding carboxylic acids is 2. The van der Waals surface area contributed by atoms with Gasteiger partial charge >= 0.3 is 6.03 Å². The lowest BCUT2D eigenvalue weighted by Gasteiger charge is -2.23. The topological polar surface area (TPSA) is 87.2 Å². The molecule has 0 saturated carbocycles. The van der Waals surface area contributed by atoms with Crippen molar-refractivity contribution >= 4 is 17.6 Å². The van der Waals surface area contributed by atoms with Gasteiger partial charge in [-0.3, -0.25) is 4.79 Å². The van der Waals surface area contributed by atoms with E-state index in [4.69, 9.17) is 0 Å². The van der Waals surface area contributed by atoms with E-state index in [-0.39, 0.29) is 29.7 Å². The van der Waals surface area contributed by atoms with Crippen molar-refractivity contribution in [3.63, 3.8) is 0 Å². The van der Waals surface area contributed by atoms with Crippen molar-refractivity contribution in [1.29, 1.82) is 0 Å². The summed E-state index contributed by atoms with van der Waals surface area (Å²) < 4.78 is 27.4. The zero-order valence-electron chi connectivity index (χ0n) is 15.3. The van der Waals surface area contributed by atoms with E-state index in [1.807, 2.05) is 0 Å². The number of benzene rings is 1. The highest BCUT2D eigenvalue weighted by atomic mass is 19.1. The van der Waals surface area contributed by atoms with Gasteiger partial charge in [0.1, 0.15) is 12.5 Å². The lowest BCUT2D eigenvalue weighted by atomic mass is 10.1. The average Bonchev–Trinajstić information content (AvgIpc) is 3.11. The second kappa shape index (κ2) is 9.32. The summed E-state index contributed by atoms with van der Waals surface area (Å²) in [4.78, 5) is 24.7. The van der Waals surface area contributed by atoms with E-state index < -0.39 is 18.5 Å². The number of rotatable bonds is 6. The number of amides is 3. The zero-order chi connectivity index (χ0) is 19.9. The Morgan fingerprint density at radius 1 is 1.29 bits per heavy atom. The second-order valence-electron chi connectivity index (χ2n) is 6.56. The number of urea groups is 1. The standard InChI is InChI=1S/C19H23F2N5O2/c20-6-8-23-19(28)25-17-12-26(15-5-1-3-13(21)9-15)11-16(17)18(27)24-14-4-2-7-22-10-14/h1,3,5,9,11-12,14,22H,2,4,6-8,10H2,(H,24,27)(H2,23,25,28)/t14-/m0/s1. The van der Waals surface area contributed by atoms with Gasteiger partial charge in [-0.15, -0.1) is 0 Å². The Kier molecular flexibility index (Phi) is 6.59. The Labute approximate surface area is 161 Å². The highest BCUT2D eigenvalue weighted by Crippen LogP contribution is 2.22. The summed E-state index contributed by atoms with van der Waals surface area (Å²) in [6.45, 7) is 0.769. The molecule has 1 fully saturated rings. The van der Waals surface area contributed by atoms with Gasteiger partial charge in [0.25, 0.3) is 5.91 Å². The van der Waals surface area contributed by atoms with Gasteiger partial charge < -0.3 is 25.8 Å². The first-order chi connectivity index (χ1) is 13.6. The number of anilines is 1. The summed E-state index contributed by atoms with van der Waals surface area (Å²) in [5, 5.41) is 11.1. The largest absolute Gasteiger partial charge is 0.348 e. The molecule has 2 aromatic rings. The first-order valence-corrected chi connectivity index (χ1v) is 9.17.